The molecule has 5 nitrogen and oxygen atoms in total. The van der Waals surface area contributed by atoms with E-state index in [-0.39, 0.29) is 18.4 Å². The lowest BCUT2D eigenvalue weighted by atomic mass is 10.0. The Labute approximate surface area is 159 Å². The van der Waals surface area contributed by atoms with Crippen LogP contribution in [0.3, 0.4) is 0 Å². The van der Waals surface area contributed by atoms with E-state index < -0.39 is 9.52 Å². The van der Waals surface area contributed by atoms with Crippen LogP contribution in [0.4, 0.5) is 5.13 Å². The van der Waals surface area contributed by atoms with Crippen LogP contribution in [0.15, 0.2) is 29.2 Å². The van der Waals surface area contributed by atoms with Gasteiger partial charge in [0.15, 0.2) is 5.13 Å². The summed E-state index contributed by atoms with van der Waals surface area (Å²) >= 11 is 1.54. The van der Waals surface area contributed by atoms with E-state index in [0.717, 1.165) is 22.7 Å². The monoisotopic (exact) mass is 391 g/mol. The molecule has 3 rings (SSSR count). The maximum absolute atomic E-state index is 12.3. The van der Waals surface area contributed by atoms with Gasteiger partial charge in [-0.15, -0.1) is 11.3 Å². The van der Waals surface area contributed by atoms with E-state index in [1.807, 2.05) is 24.3 Å². The average Bonchev–Trinajstić information content (AvgIpc) is 3.14. The van der Waals surface area contributed by atoms with Gasteiger partial charge in [-0.3, -0.25) is 9.00 Å². The minimum absolute atomic E-state index is 0.0847. The van der Waals surface area contributed by atoms with Crippen LogP contribution in [0.5, 0.6) is 0 Å². The molecule has 0 bridgehead atoms. The molecule has 2 atom stereocenters. The molecule has 1 aliphatic rings. The van der Waals surface area contributed by atoms with E-state index in [0.29, 0.717) is 11.0 Å². The van der Waals surface area contributed by atoms with Crippen molar-refractivity contribution in [3.63, 3.8) is 0 Å². The number of thiazole rings is 1. The standard InChI is InChI=1S/C19H25N3O2S2/c1-5-26(4,24)14-8-6-13(7-9-14)10-16(23)21-19-22-18-15(25-19)11-20-17(18)12(2)3/h5-9,12,17,20H,10-11H2,1-4H3,(H,21,22,23). The van der Waals surface area contributed by atoms with Crippen LogP contribution >= 0.6 is 11.3 Å². The van der Waals surface area contributed by atoms with Gasteiger partial charge in [-0.25, -0.2) is 4.98 Å². The number of carbonyl (C=O) groups is 1. The summed E-state index contributed by atoms with van der Waals surface area (Å²) in [5, 5.41) is 8.75. The summed E-state index contributed by atoms with van der Waals surface area (Å²) in [4.78, 5) is 18.9. The molecule has 140 valence electrons. The van der Waals surface area contributed by atoms with E-state index in [1.54, 1.807) is 29.9 Å². The van der Waals surface area contributed by atoms with Crippen LogP contribution in [-0.4, -0.2) is 26.7 Å². The van der Waals surface area contributed by atoms with Gasteiger partial charge in [0.2, 0.25) is 5.91 Å². The zero-order chi connectivity index (χ0) is 18.9. The van der Waals surface area contributed by atoms with Gasteiger partial charge in [0.05, 0.1) is 18.2 Å². The van der Waals surface area contributed by atoms with Gasteiger partial charge < -0.3 is 10.6 Å². The van der Waals surface area contributed by atoms with Crippen LogP contribution in [0.1, 0.15) is 42.9 Å². The Balaban J connectivity index is 1.65. The molecule has 0 saturated heterocycles. The van der Waals surface area contributed by atoms with E-state index in [9.17, 15) is 9.00 Å². The van der Waals surface area contributed by atoms with Crippen LogP contribution in [0.2, 0.25) is 0 Å². The second kappa shape index (κ2) is 7.50. The zero-order valence-electron chi connectivity index (χ0n) is 15.5. The Morgan fingerprint density at radius 2 is 2.12 bits per heavy atom. The minimum atomic E-state index is -2.09. The van der Waals surface area contributed by atoms with Crippen molar-refractivity contribution in [2.75, 3.05) is 11.6 Å². The Morgan fingerprint density at radius 1 is 1.42 bits per heavy atom. The summed E-state index contributed by atoms with van der Waals surface area (Å²) in [7, 11) is -2.09. The summed E-state index contributed by atoms with van der Waals surface area (Å²) < 4.78 is 12.3. The van der Waals surface area contributed by atoms with E-state index >= 15 is 0 Å². The molecule has 1 amide bonds. The highest BCUT2D eigenvalue weighted by molar-refractivity contribution is 8.00. The number of nitrogens with zero attached hydrogens (tertiary/aromatic N) is 1. The van der Waals surface area contributed by atoms with Gasteiger partial charge in [-0.2, -0.15) is 0 Å². The van der Waals surface area contributed by atoms with Crippen molar-refractivity contribution in [3.8, 4) is 0 Å². The Bertz CT molecular complexity index is 923. The number of nitrogens with one attached hydrogen (secondary N) is 2. The molecule has 0 saturated carbocycles. The lowest BCUT2D eigenvalue weighted by Crippen LogP contribution is -2.19. The van der Waals surface area contributed by atoms with Crippen molar-refractivity contribution in [2.24, 2.45) is 5.92 Å². The third kappa shape index (κ3) is 4.00. The largest absolute Gasteiger partial charge is 0.303 e. The second-order valence-electron chi connectivity index (χ2n) is 6.94. The first-order valence-corrected chi connectivity index (χ1v) is 11.5. The van der Waals surface area contributed by atoms with Crippen molar-refractivity contribution >= 4 is 37.3 Å². The molecule has 1 aromatic heterocycles. The maximum Gasteiger partial charge on any atom is 0.230 e. The van der Waals surface area contributed by atoms with Gasteiger partial charge in [0, 0.05) is 22.6 Å². The highest BCUT2D eigenvalue weighted by atomic mass is 32.2. The predicted octanol–water partition coefficient (Wildman–Crippen LogP) is 3.22. The predicted molar refractivity (Wildman–Crippen MR) is 109 cm³/mol. The van der Waals surface area contributed by atoms with E-state index in [2.05, 4.69) is 29.5 Å². The molecule has 0 aliphatic carbocycles. The average molecular weight is 392 g/mol. The first kappa shape index (κ1) is 19.1. The topological polar surface area (TPSA) is 71.1 Å². The molecule has 2 aromatic rings. The number of aromatic nitrogens is 1. The first-order chi connectivity index (χ1) is 12.3. The van der Waals surface area contributed by atoms with Gasteiger partial charge in [-0.05, 0) is 45.4 Å². The SMILES string of the molecule is CC=S(C)(=O)c1ccc(CC(=O)Nc2nc3c(s2)CNC3C(C)C)cc1. The van der Waals surface area contributed by atoms with Crippen LogP contribution in [0.25, 0.3) is 0 Å². The second-order valence-corrected chi connectivity index (χ2v) is 10.8. The van der Waals surface area contributed by atoms with Crippen LogP contribution in [0, 0.1) is 5.92 Å². The summed E-state index contributed by atoms with van der Waals surface area (Å²) in [5.74, 6) is 0.383. The normalized spacial score (nSPS) is 18.4. The Morgan fingerprint density at radius 3 is 2.73 bits per heavy atom. The zero-order valence-corrected chi connectivity index (χ0v) is 17.2. The molecule has 0 spiro atoms. The van der Waals surface area contributed by atoms with Crippen molar-refractivity contribution in [1.29, 1.82) is 0 Å². The number of hydrogen-bond acceptors (Lipinski definition) is 5. The molecule has 2 heterocycles. The smallest absolute Gasteiger partial charge is 0.230 e. The summed E-state index contributed by atoms with van der Waals surface area (Å²) in [6.45, 7) is 6.95. The highest BCUT2D eigenvalue weighted by Crippen LogP contribution is 2.35. The molecule has 26 heavy (non-hydrogen) atoms. The Kier molecular flexibility index (Phi) is 5.50. The fourth-order valence-corrected chi connectivity index (χ4v) is 4.92. The van der Waals surface area contributed by atoms with Gasteiger partial charge in [-0.1, -0.05) is 26.0 Å². The number of fused-ring (bicyclic) bond motifs is 1. The number of benzene rings is 1. The molecule has 0 radical (unpaired) electrons. The molecule has 7 heteroatoms. The first-order valence-electron chi connectivity index (χ1n) is 8.70. The third-order valence-electron chi connectivity index (χ3n) is 4.62. The van der Waals surface area contributed by atoms with E-state index in [4.69, 9.17) is 0 Å². The summed E-state index contributed by atoms with van der Waals surface area (Å²) in [6.07, 6.45) is 1.99. The van der Waals surface area contributed by atoms with Crippen LogP contribution < -0.4 is 10.6 Å². The number of anilines is 1. The molecule has 1 aliphatic heterocycles. The Hall–Kier alpha value is -1.70. The maximum atomic E-state index is 12.3. The van der Waals surface area contributed by atoms with Crippen molar-refractivity contribution in [2.45, 2.75) is 44.7 Å². The molecule has 2 unspecified atom stereocenters. The van der Waals surface area contributed by atoms with Crippen molar-refractivity contribution in [1.82, 2.24) is 10.3 Å². The lowest BCUT2D eigenvalue weighted by molar-refractivity contribution is -0.115. The molecule has 1 aromatic carbocycles. The fourth-order valence-electron chi connectivity index (χ4n) is 3.00. The molecule has 0 fully saturated rings. The third-order valence-corrected chi connectivity index (χ3v) is 7.72. The van der Waals surface area contributed by atoms with Gasteiger partial charge in [0.25, 0.3) is 0 Å². The molecular formula is C19H25N3O2S2. The van der Waals surface area contributed by atoms with Crippen molar-refractivity contribution < 1.29 is 9.00 Å². The summed E-state index contributed by atoms with van der Waals surface area (Å²) in [5.41, 5.74) is 1.96. The number of carbonyl (C=O) groups excluding carboxylic acids is 1. The van der Waals surface area contributed by atoms with Gasteiger partial charge in [0.1, 0.15) is 0 Å². The number of amides is 1. The lowest BCUT2D eigenvalue weighted by Gasteiger charge is -2.14. The fraction of sp³-hybridized carbons (Fsp3) is 0.421. The molecular weight excluding hydrogens is 366 g/mol. The molecule has 2 N–H and O–H groups in total. The summed E-state index contributed by atoms with van der Waals surface area (Å²) in [6, 6.07) is 7.66. The number of rotatable bonds is 5. The van der Waals surface area contributed by atoms with E-state index in [1.165, 1.54) is 4.88 Å². The quantitative estimate of drug-likeness (QED) is 0.768. The number of hydrogen-bond donors (Lipinski definition) is 2. The van der Waals surface area contributed by atoms with Crippen molar-refractivity contribution in [3.05, 3.63) is 40.4 Å². The minimum Gasteiger partial charge on any atom is -0.303 e. The van der Waals surface area contributed by atoms with Crippen LogP contribution in [-0.2, 0) is 27.3 Å². The highest BCUT2D eigenvalue weighted by Gasteiger charge is 2.29. The van der Waals surface area contributed by atoms with Gasteiger partial charge >= 0.3 is 0 Å².